The maximum Gasteiger partial charge on any atom is 0.169 e. The highest BCUT2D eigenvalue weighted by Gasteiger charge is 2.06. The summed E-state index contributed by atoms with van der Waals surface area (Å²) in [5.74, 6) is 2.02. The van der Waals surface area contributed by atoms with Crippen molar-refractivity contribution < 1.29 is 9.47 Å². The summed E-state index contributed by atoms with van der Waals surface area (Å²) in [7, 11) is 1.60. The molecule has 3 N–H and O–H groups in total. The van der Waals surface area contributed by atoms with Crippen molar-refractivity contribution in [3.8, 4) is 22.6 Å². The predicted molar refractivity (Wildman–Crippen MR) is 85.9 cm³/mol. The average Bonchev–Trinajstić information content (AvgIpc) is 2.53. The molecule has 0 saturated heterocycles. The number of hydrazone groups is 1. The second-order valence-corrected chi connectivity index (χ2v) is 4.36. The van der Waals surface area contributed by atoms with Crippen molar-refractivity contribution in [3.05, 3.63) is 54.1 Å². The number of nitrogens with one attached hydrogen (secondary N) is 1. The predicted octanol–water partition coefficient (Wildman–Crippen LogP) is 2.93. The number of benzene rings is 2. The van der Waals surface area contributed by atoms with Crippen LogP contribution >= 0.6 is 11.4 Å². The van der Waals surface area contributed by atoms with E-state index in [-0.39, 0.29) is 0 Å². The zero-order valence-corrected chi connectivity index (χ0v) is 12.3. The van der Waals surface area contributed by atoms with E-state index in [0.29, 0.717) is 11.5 Å². The number of hydrogen-bond acceptors (Lipinski definition) is 5. The summed E-state index contributed by atoms with van der Waals surface area (Å²) in [5, 5.41) is 11.7. The van der Waals surface area contributed by atoms with E-state index in [1.54, 1.807) is 13.3 Å². The standard InChI is InChI=1S/C15H15N3O2S/c1-19-15-9-12(10-17-18-11-21-16)7-8-14(15)20-13-5-3-2-4-6-13/h2-10,18H,16H2,1H3/b17-10+. The fourth-order valence-electron chi connectivity index (χ4n) is 1.62. The molecule has 0 unspecified atom stereocenters. The first-order chi connectivity index (χ1) is 10.3. The van der Waals surface area contributed by atoms with Crippen molar-refractivity contribution in [3.63, 3.8) is 0 Å². The van der Waals surface area contributed by atoms with Gasteiger partial charge in [-0.25, -0.2) is 5.43 Å². The van der Waals surface area contributed by atoms with E-state index in [0.717, 1.165) is 22.7 Å². The summed E-state index contributed by atoms with van der Waals surface area (Å²) in [4.78, 5) is 0. The Balaban J connectivity index is 2.16. The van der Waals surface area contributed by atoms with Crippen molar-refractivity contribution in [2.24, 2.45) is 10.2 Å². The van der Waals surface area contributed by atoms with Gasteiger partial charge in [-0.1, -0.05) is 18.2 Å². The largest absolute Gasteiger partial charge is 0.493 e. The zero-order valence-electron chi connectivity index (χ0n) is 11.4. The number of methoxy groups -OCH3 is 1. The van der Waals surface area contributed by atoms with E-state index < -0.39 is 0 Å². The number of nitrogens with zero attached hydrogens (tertiary/aromatic N) is 1. The van der Waals surface area contributed by atoms with Gasteiger partial charge in [-0.3, -0.25) is 5.14 Å². The minimum atomic E-state index is 0.629. The van der Waals surface area contributed by atoms with E-state index in [1.165, 1.54) is 0 Å². The van der Waals surface area contributed by atoms with Gasteiger partial charge in [0, 0.05) is 0 Å². The van der Waals surface area contributed by atoms with Gasteiger partial charge in [0.15, 0.2) is 11.5 Å². The fourth-order valence-corrected chi connectivity index (χ4v) is 1.73. The third-order valence-corrected chi connectivity index (χ3v) is 2.75. The Labute approximate surface area is 127 Å². The molecular formula is C15H15N3O2S. The Morgan fingerprint density at radius 3 is 2.71 bits per heavy atom. The van der Waals surface area contributed by atoms with Crippen LogP contribution in [0.15, 0.2) is 53.6 Å². The molecule has 0 bridgehead atoms. The van der Waals surface area contributed by atoms with Crippen molar-refractivity contribution in [2.45, 2.75) is 0 Å². The highest BCUT2D eigenvalue weighted by molar-refractivity contribution is 7.86. The smallest absolute Gasteiger partial charge is 0.169 e. The summed E-state index contributed by atoms with van der Waals surface area (Å²) in [6.07, 6.45) is 1.64. The van der Waals surface area contributed by atoms with Gasteiger partial charge in [-0.15, -0.1) is 0 Å². The molecule has 0 radical (unpaired) electrons. The Hall–Kier alpha value is -2.53. The third kappa shape index (κ3) is 4.50. The van der Waals surface area contributed by atoms with Gasteiger partial charge in [0.05, 0.1) is 18.6 Å². The molecule has 0 aliphatic carbocycles. The molecule has 0 aromatic heterocycles. The van der Waals surface area contributed by atoms with Crippen LogP contribution < -0.4 is 20.0 Å². The molecule has 0 saturated carbocycles. The monoisotopic (exact) mass is 301 g/mol. The lowest BCUT2D eigenvalue weighted by Crippen LogP contribution is -1.96. The van der Waals surface area contributed by atoms with Crippen LogP contribution in [0.4, 0.5) is 0 Å². The maximum absolute atomic E-state index is 5.78. The van der Waals surface area contributed by atoms with Crippen molar-refractivity contribution in [1.82, 2.24) is 5.43 Å². The third-order valence-electron chi connectivity index (χ3n) is 2.54. The average molecular weight is 301 g/mol. The number of hydrogen-bond donors (Lipinski definition) is 2. The van der Waals surface area contributed by atoms with Crippen molar-refractivity contribution in [2.75, 3.05) is 7.11 Å². The Kier molecular flexibility index (Phi) is 5.60. The van der Waals surface area contributed by atoms with Crippen LogP contribution in [0.25, 0.3) is 0 Å². The van der Waals surface area contributed by atoms with Gasteiger partial charge in [0.2, 0.25) is 0 Å². The van der Waals surface area contributed by atoms with Crippen LogP contribution in [0.2, 0.25) is 0 Å². The highest BCUT2D eigenvalue weighted by Crippen LogP contribution is 2.31. The van der Waals surface area contributed by atoms with Crippen LogP contribution in [0.1, 0.15) is 5.56 Å². The summed E-state index contributed by atoms with van der Waals surface area (Å²) in [6, 6.07) is 15.1. The number of nitrogens with two attached hydrogens (primary N) is 1. The summed E-state index contributed by atoms with van der Waals surface area (Å²) in [6.45, 7) is 0. The minimum absolute atomic E-state index is 0.629. The van der Waals surface area contributed by atoms with E-state index in [2.05, 4.69) is 15.8 Å². The topological polar surface area (TPSA) is 68.9 Å². The number of para-hydroxylation sites is 1. The number of rotatable bonds is 5. The molecule has 5 nitrogen and oxygen atoms in total. The first-order valence-electron chi connectivity index (χ1n) is 6.13. The van der Waals surface area contributed by atoms with Gasteiger partial charge < -0.3 is 9.47 Å². The van der Waals surface area contributed by atoms with E-state index in [1.807, 2.05) is 48.5 Å². The Morgan fingerprint density at radius 2 is 2.00 bits per heavy atom. The van der Waals surface area contributed by atoms with Crippen LogP contribution in [0.5, 0.6) is 17.2 Å². The molecule has 21 heavy (non-hydrogen) atoms. The second kappa shape index (κ2) is 7.91. The fraction of sp³-hybridized carbons (Fsp3) is 0.0667. The molecule has 6 heteroatoms. The molecular weight excluding hydrogens is 286 g/mol. The van der Waals surface area contributed by atoms with E-state index >= 15 is 0 Å². The summed E-state index contributed by atoms with van der Waals surface area (Å²) in [5.41, 5.74) is 3.43. The molecule has 0 aliphatic rings. The van der Waals surface area contributed by atoms with Crippen molar-refractivity contribution >= 4 is 17.6 Å². The van der Waals surface area contributed by atoms with Gasteiger partial charge in [-0.05, 0) is 47.3 Å². The van der Waals surface area contributed by atoms with E-state index in [9.17, 15) is 0 Å². The van der Waals surface area contributed by atoms with Crippen LogP contribution in [0.3, 0.4) is 0 Å². The molecule has 0 fully saturated rings. The van der Waals surface area contributed by atoms with Crippen LogP contribution in [-0.2, 0) is 0 Å². The van der Waals surface area contributed by atoms with Crippen LogP contribution in [0, 0.1) is 5.31 Å². The molecule has 108 valence electrons. The summed E-state index contributed by atoms with van der Waals surface area (Å²) < 4.78 is 11.1. The van der Waals surface area contributed by atoms with Gasteiger partial charge in [0.25, 0.3) is 0 Å². The number of ether oxygens (including phenoxy) is 2. The van der Waals surface area contributed by atoms with E-state index in [4.69, 9.17) is 14.6 Å². The SMILES string of the molecule is COc1cc(/C=N/NC#SN)ccc1Oc1ccccc1. The lowest BCUT2D eigenvalue weighted by atomic mass is 10.2. The molecule has 2 aromatic carbocycles. The molecule has 0 aliphatic heterocycles. The normalized spacial score (nSPS) is 10.0. The first-order valence-corrected chi connectivity index (χ1v) is 7.01. The van der Waals surface area contributed by atoms with Crippen molar-refractivity contribution in [1.29, 1.82) is 0 Å². The van der Waals surface area contributed by atoms with Gasteiger partial charge in [0.1, 0.15) is 5.75 Å². The van der Waals surface area contributed by atoms with Gasteiger partial charge >= 0.3 is 0 Å². The highest BCUT2D eigenvalue weighted by atomic mass is 32.1. The lowest BCUT2D eigenvalue weighted by Gasteiger charge is -2.10. The Bertz CT molecular complexity index is 678. The maximum atomic E-state index is 5.78. The first kappa shape index (κ1) is 14.9. The zero-order chi connectivity index (χ0) is 14.9. The molecule has 0 heterocycles. The molecule has 0 atom stereocenters. The quantitative estimate of drug-likeness (QED) is 0.385. The van der Waals surface area contributed by atoms with Gasteiger partial charge in [-0.2, -0.15) is 5.10 Å². The lowest BCUT2D eigenvalue weighted by molar-refractivity contribution is 0.379. The minimum Gasteiger partial charge on any atom is -0.493 e. The summed E-state index contributed by atoms with van der Waals surface area (Å²) >= 11 is 0.929. The molecule has 0 amide bonds. The molecule has 0 spiro atoms. The Morgan fingerprint density at radius 1 is 1.19 bits per heavy atom. The molecule has 2 aromatic rings. The molecule has 2 rings (SSSR count). The van der Waals surface area contributed by atoms with Crippen LogP contribution in [-0.4, -0.2) is 13.3 Å². The second-order valence-electron chi connectivity index (χ2n) is 3.92.